The molecule has 1 aromatic heterocycles. The number of hydrogen-bond donors (Lipinski definition) is 2. The molecular weight excluding hydrogens is 455 g/mol. The lowest BCUT2D eigenvalue weighted by atomic mass is 9.97. The highest BCUT2D eigenvalue weighted by molar-refractivity contribution is 7.13. The number of nitrogens with zero attached hydrogens (tertiary/aromatic N) is 1. The fourth-order valence-electron chi connectivity index (χ4n) is 3.47. The highest BCUT2D eigenvalue weighted by atomic mass is 32.1. The number of carboxylic acid groups (broad SMARTS) is 1. The van der Waals surface area contributed by atoms with E-state index in [9.17, 15) is 19.1 Å². The molecule has 1 unspecified atom stereocenters. The van der Waals surface area contributed by atoms with E-state index in [0.29, 0.717) is 16.5 Å². The third-order valence-corrected chi connectivity index (χ3v) is 6.63. The zero-order valence-corrected chi connectivity index (χ0v) is 19.5. The highest BCUT2D eigenvalue weighted by Crippen LogP contribution is 2.34. The van der Waals surface area contributed by atoms with Crippen LogP contribution in [0.2, 0.25) is 0 Å². The van der Waals surface area contributed by atoms with Crippen LogP contribution < -0.4 is 10.1 Å². The minimum absolute atomic E-state index is 0.0587. The molecule has 1 heterocycles. The van der Waals surface area contributed by atoms with Crippen molar-refractivity contribution in [1.82, 2.24) is 10.3 Å². The van der Waals surface area contributed by atoms with Crippen LogP contribution in [0.25, 0.3) is 21.3 Å². The van der Waals surface area contributed by atoms with Crippen molar-refractivity contribution < 1.29 is 23.8 Å². The normalized spacial score (nSPS) is 12.8. The van der Waals surface area contributed by atoms with Gasteiger partial charge in [-0.3, -0.25) is 4.79 Å². The van der Waals surface area contributed by atoms with Crippen molar-refractivity contribution in [1.29, 1.82) is 0 Å². The van der Waals surface area contributed by atoms with Gasteiger partial charge in [0.25, 0.3) is 5.91 Å². The number of hydrogen-bond acceptors (Lipinski definition) is 5. The van der Waals surface area contributed by atoms with Crippen LogP contribution in [0.5, 0.6) is 5.75 Å². The Morgan fingerprint density at radius 2 is 1.79 bits per heavy atom. The standard InChI is InChI=1S/C26H23FN2O4S/c1-3-26(2,25(31)32)29-23(30)20-13-21(27)18-11-7-8-12-19(18)22(20)33-14-17-15-34-24(28-17)16-9-5-4-6-10-16/h4-13,15H,3,14H2,1-2H3,(H,29,30)(H,31,32). The molecule has 34 heavy (non-hydrogen) atoms. The third-order valence-electron chi connectivity index (χ3n) is 5.69. The molecule has 0 aliphatic rings. The number of fused-ring (bicyclic) bond motifs is 1. The Kier molecular flexibility index (Phi) is 6.61. The second kappa shape index (κ2) is 9.61. The van der Waals surface area contributed by atoms with E-state index in [0.717, 1.165) is 16.6 Å². The quantitative estimate of drug-likeness (QED) is 0.341. The summed E-state index contributed by atoms with van der Waals surface area (Å²) < 4.78 is 20.9. The molecule has 0 saturated carbocycles. The number of aromatic nitrogens is 1. The number of aliphatic carboxylic acids is 1. The maximum absolute atomic E-state index is 14.9. The first-order chi connectivity index (χ1) is 16.3. The molecule has 1 atom stereocenters. The maximum atomic E-state index is 14.9. The molecule has 0 fully saturated rings. The van der Waals surface area contributed by atoms with Crippen molar-refractivity contribution in [2.75, 3.05) is 0 Å². The molecule has 4 aromatic rings. The van der Waals surface area contributed by atoms with E-state index in [-0.39, 0.29) is 24.3 Å². The molecule has 0 aliphatic heterocycles. The number of rotatable bonds is 8. The van der Waals surface area contributed by atoms with Gasteiger partial charge < -0.3 is 15.2 Å². The van der Waals surface area contributed by atoms with E-state index in [1.165, 1.54) is 18.3 Å². The lowest BCUT2D eigenvalue weighted by molar-refractivity contribution is -0.143. The smallest absolute Gasteiger partial charge is 0.329 e. The Morgan fingerprint density at radius 3 is 2.47 bits per heavy atom. The molecule has 8 heteroatoms. The summed E-state index contributed by atoms with van der Waals surface area (Å²) in [4.78, 5) is 29.4. The van der Waals surface area contributed by atoms with Gasteiger partial charge in [0.1, 0.15) is 28.7 Å². The van der Waals surface area contributed by atoms with Gasteiger partial charge in [0, 0.05) is 21.7 Å². The predicted molar refractivity (Wildman–Crippen MR) is 130 cm³/mol. The minimum Gasteiger partial charge on any atom is -0.486 e. The number of benzene rings is 3. The van der Waals surface area contributed by atoms with Crippen molar-refractivity contribution in [2.45, 2.75) is 32.4 Å². The number of carbonyl (C=O) groups is 2. The summed E-state index contributed by atoms with van der Waals surface area (Å²) >= 11 is 1.47. The van der Waals surface area contributed by atoms with Gasteiger partial charge >= 0.3 is 5.97 Å². The van der Waals surface area contributed by atoms with Crippen LogP contribution >= 0.6 is 11.3 Å². The molecule has 0 saturated heterocycles. The minimum atomic E-state index is -1.50. The summed E-state index contributed by atoms with van der Waals surface area (Å²) in [6.45, 7) is 3.12. The van der Waals surface area contributed by atoms with Gasteiger partial charge in [0.2, 0.25) is 0 Å². The SMILES string of the molecule is CCC(C)(NC(=O)c1cc(F)c2ccccc2c1OCc1csc(-c2ccccc2)n1)C(=O)O. The zero-order valence-electron chi connectivity index (χ0n) is 18.7. The fourth-order valence-corrected chi connectivity index (χ4v) is 4.28. The molecule has 1 amide bonds. The van der Waals surface area contributed by atoms with Crippen LogP contribution in [0.1, 0.15) is 36.3 Å². The van der Waals surface area contributed by atoms with Gasteiger partial charge in [-0.1, -0.05) is 61.5 Å². The first-order valence-corrected chi connectivity index (χ1v) is 11.6. The van der Waals surface area contributed by atoms with Crippen LogP contribution in [-0.2, 0) is 11.4 Å². The molecule has 4 rings (SSSR count). The molecule has 2 N–H and O–H groups in total. The summed E-state index contributed by atoms with van der Waals surface area (Å²) in [5.74, 6) is -2.33. The number of thiazole rings is 1. The van der Waals surface area contributed by atoms with Crippen molar-refractivity contribution in [3.63, 3.8) is 0 Å². The number of halogens is 1. The second-order valence-electron chi connectivity index (χ2n) is 8.02. The lowest BCUT2D eigenvalue weighted by Crippen LogP contribution is -2.51. The van der Waals surface area contributed by atoms with Crippen molar-refractivity contribution in [3.05, 3.63) is 83.1 Å². The molecule has 6 nitrogen and oxygen atoms in total. The number of nitrogens with one attached hydrogen (secondary N) is 1. The van der Waals surface area contributed by atoms with Gasteiger partial charge in [0.15, 0.2) is 0 Å². The van der Waals surface area contributed by atoms with Crippen LogP contribution in [0, 0.1) is 5.82 Å². The Bertz CT molecular complexity index is 1360. The van der Waals surface area contributed by atoms with Crippen LogP contribution in [-0.4, -0.2) is 27.5 Å². The van der Waals surface area contributed by atoms with E-state index in [2.05, 4.69) is 10.3 Å². The number of amides is 1. The number of carboxylic acids is 1. The molecule has 0 radical (unpaired) electrons. The van der Waals surface area contributed by atoms with Gasteiger partial charge in [-0.2, -0.15) is 0 Å². The zero-order chi connectivity index (χ0) is 24.3. The summed E-state index contributed by atoms with van der Waals surface area (Å²) in [5, 5.41) is 15.5. The fraction of sp³-hybridized carbons (Fsp3) is 0.192. The van der Waals surface area contributed by atoms with Crippen LogP contribution in [0.3, 0.4) is 0 Å². The Labute approximate surface area is 200 Å². The average Bonchev–Trinajstić information content (AvgIpc) is 3.33. The molecule has 0 bridgehead atoms. The summed E-state index contributed by atoms with van der Waals surface area (Å²) in [6, 6.07) is 17.5. The Balaban J connectivity index is 1.68. The van der Waals surface area contributed by atoms with Crippen LogP contribution in [0.4, 0.5) is 4.39 Å². The van der Waals surface area contributed by atoms with E-state index in [1.807, 2.05) is 35.7 Å². The van der Waals surface area contributed by atoms with E-state index in [1.54, 1.807) is 31.2 Å². The number of carbonyl (C=O) groups excluding carboxylic acids is 1. The number of ether oxygens (including phenoxy) is 1. The van der Waals surface area contributed by atoms with E-state index < -0.39 is 23.2 Å². The van der Waals surface area contributed by atoms with E-state index >= 15 is 0 Å². The molecule has 174 valence electrons. The second-order valence-corrected chi connectivity index (χ2v) is 8.88. The van der Waals surface area contributed by atoms with Crippen molar-refractivity contribution >= 4 is 34.0 Å². The van der Waals surface area contributed by atoms with Gasteiger partial charge in [0.05, 0.1) is 11.3 Å². The Hall–Kier alpha value is -3.78. The van der Waals surface area contributed by atoms with Crippen LogP contribution in [0.15, 0.2) is 66.0 Å². The predicted octanol–water partition coefficient (Wildman–Crippen LogP) is 5.66. The van der Waals surface area contributed by atoms with E-state index in [4.69, 9.17) is 4.74 Å². The summed E-state index contributed by atoms with van der Waals surface area (Å²) in [5.41, 5.74) is 0.0671. The van der Waals surface area contributed by atoms with Crippen molar-refractivity contribution in [2.24, 2.45) is 0 Å². The monoisotopic (exact) mass is 478 g/mol. The topological polar surface area (TPSA) is 88.5 Å². The molecule has 0 aliphatic carbocycles. The highest BCUT2D eigenvalue weighted by Gasteiger charge is 2.34. The van der Waals surface area contributed by atoms with Gasteiger partial charge in [-0.15, -0.1) is 11.3 Å². The third kappa shape index (κ3) is 4.63. The summed E-state index contributed by atoms with van der Waals surface area (Å²) in [7, 11) is 0. The first kappa shape index (κ1) is 23.4. The summed E-state index contributed by atoms with van der Waals surface area (Å²) in [6.07, 6.45) is 0.154. The van der Waals surface area contributed by atoms with Gasteiger partial charge in [-0.25, -0.2) is 14.2 Å². The van der Waals surface area contributed by atoms with Gasteiger partial charge in [-0.05, 0) is 19.4 Å². The Morgan fingerprint density at radius 1 is 1.12 bits per heavy atom. The van der Waals surface area contributed by atoms with Crippen molar-refractivity contribution in [3.8, 4) is 16.3 Å². The lowest BCUT2D eigenvalue weighted by Gasteiger charge is -2.25. The first-order valence-electron chi connectivity index (χ1n) is 10.7. The largest absolute Gasteiger partial charge is 0.486 e. The molecule has 0 spiro atoms. The molecular formula is C26H23FN2O4S. The average molecular weight is 479 g/mol. The maximum Gasteiger partial charge on any atom is 0.329 e. The molecule has 3 aromatic carbocycles.